The summed E-state index contributed by atoms with van der Waals surface area (Å²) in [6.07, 6.45) is 1.55. The zero-order valence-electron chi connectivity index (χ0n) is 13.6. The van der Waals surface area contributed by atoms with Crippen LogP contribution in [0.3, 0.4) is 0 Å². The van der Waals surface area contributed by atoms with E-state index in [1.54, 1.807) is 19.4 Å². The van der Waals surface area contributed by atoms with E-state index in [4.69, 9.17) is 17.0 Å². The first-order chi connectivity index (χ1) is 12.2. The summed E-state index contributed by atoms with van der Waals surface area (Å²) >= 11 is 5.23. The summed E-state index contributed by atoms with van der Waals surface area (Å²) in [5.74, 6) is 0.843. The van der Waals surface area contributed by atoms with E-state index in [0.29, 0.717) is 16.4 Å². The summed E-state index contributed by atoms with van der Waals surface area (Å²) in [7, 11) is 1.60. The molecule has 0 aromatic heterocycles. The number of ether oxygens (including phenoxy) is 1. The second-order valence-electron chi connectivity index (χ2n) is 5.24. The van der Waals surface area contributed by atoms with E-state index < -0.39 is 0 Å². The largest absolute Gasteiger partial charge is 0.507 e. The van der Waals surface area contributed by atoms with E-state index in [9.17, 15) is 5.11 Å². The fourth-order valence-corrected chi connectivity index (χ4v) is 2.64. The van der Waals surface area contributed by atoms with Crippen molar-refractivity contribution in [3.05, 3.63) is 66.2 Å². The number of hydrazone groups is 1. The van der Waals surface area contributed by atoms with Gasteiger partial charge in [-0.2, -0.15) is 5.10 Å². The first kappa shape index (κ1) is 16.7. The Morgan fingerprint density at radius 1 is 1.08 bits per heavy atom. The van der Waals surface area contributed by atoms with Gasteiger partial charge in [0, 0.05) is 5.56 Å². The van der Waals surface area contributed by atoms with Crippen molar-refractivity contribution < 1.29 is 9.84 Å². The number of aromatic hydroxyl groups is 1. The van der Waals surface area contributed by atoms with Crippen molar-refractivity contribution in [3.63, 3.8) is 0 Å². The van der Waals surface area contributed by atoms with Crippen LogP contribution in [0.25, 0.3) is 10.8 Å². The van der Waals surface area contributed by atoms with Crippen molar-refractivity contribution in [2.75, 3.05) is 12.4 Å². The van der Waals surface area contributed by atoms with Crippen LogP contribution in [0.2, 0.25) is 0 Å². The molecule has 0 saturated heterocycles. The minimum atomic E-state index is 0.160. The predicted octanol–water partition coefficient (Wildman–Crippen LogP) is 3.87. The number of hydrogen-bond donors (Lipinski definition) is 3. The quantitative estimate of drug-likeness (QED) is 0.378. The van der Waals surface area contributed by atoms with Gasteiger partial charge in [0.25, 0.3) is 0 Å². The third-order valence-corrected chi connectivity index (χ3v) is 3.86. The number of fused-ring (bicyclic) bond motifs is 1. The molecule has 3 aromatic carbocycles. The zero-order valence-corrected chi connectivity index (χ0v) is 14.4. The number of methoxy groups -OCH3 is 1. The number of benzene rings is 3. The standard InChI is InChI=1S/C19H17N3O2S/c1-24-18-9-5-4-8-16(18)21-19(25)22-20-12-15-14-7-3-2-6-13(14)10-11-17(15)23/h2-12,23H,1H3,(H2,21,22,25). The van der Waals surface area contributed by atoms with Crippen LogP contribution in [-0.2, 0) is 0 Å². The van der Waals surface area contributed by atoms with Crippen LogP contribution in [-0.4, -0.2) is 23.5 Å². The van der Waals surface area contributed by atoms with Crippen molar-refractivity contribution in [2.24, 2.45) is 5.10 Å². The molecule has 0 aliphatic heterocycles. The Morgan fingerprint density at radius 3 is 2.68 bits per heavy atom. The van der Waals surface area contributed by atoms with E-state index in [1.807, 2.05) is 54.6 Å². The van der Waals surface area contributed by atoms with E-state index in [0.717, 1.165) is 16.5 Å². The molecule has 25 heavy (non-hydrogen) atoms. The van der Waals surface area contributed by atoms with Crippen molar-refractivity contribution in [1.82, 2.24) is 5.43 Å². The highest BCUT2D eigenvalue weighted by molar-refractivity contribution is 7.80. The molecule has 0 atom stereocenters. The second kappa shape index (κ2) is 7.63. The van der Waals surface area contributed by atoms with Gasteiger partial charge in [-0.05, 0) is 41.2 Å². The number of rotatable bonds is 4. The number of phenolic OH excluding ortho intramolecular Hbond substituents is 1. The van der Waals surface area contributed by atoms with Crippen LogP contribution in [0.4, 0.5) is 5.69 Å². The molecule has 0 bridgehead atoms. The molecule has 3 rings (SSSR count). The molecule has 3 aromatic rings. The van der Waals surface area contributed by atoms with Gasteiger partial charge in [0.2, 0.25) is 0 Å². The van der Waals surface area contributed by atoms with Crippen molar-refractivity contribution in [2.45, 2.75) is 0 Å². The maximum absolute atomic E-state index is 10.1. The lowest BCUT2D eigenvalue weighted by atomic mass is 10.0. The summed E-state index contributed by atoms with van der Waals surface area (Å²) in [5, 5.41) is 19.5. The van der Waals surface area contributed by atoms with Gasteiger partial charge >= 0.3 is 0 Å². The van der Waals surface area contributed by atoms with Gasteiger partial charge in [-0.15, -0.1) is 0 Å². The topological polar surface area (TPSA) is 65.9 Å². The van der Waals surface area contributed by atoms with Gasteiger partial charge in [-0.1, -0.05) is 42.5 Å². The summed E-state index contributed by atoms with van der Waals surface area (Å²) < 4.78 is 5.26. The lowest BCUT2D eigenvalue weighted by molar-refractivity contribution is 0.417. The fourth-order valence-electron chi connectivity index (χ4n) is 2.47. The smallest absolute Gasteiger partial charge is 0.191 e. The molecular weight excluding hydrogens is 334 g/mol. The number of phenols is 1. The molecule has 0 fully saturated rings. The van der Waals surface area contributed by atoms with Gasteiger partial charge < -0.3 is 15.2 Å². The third-order valence-electron chi connectivity index (χ3n) is 3.66. The molecule has 5 nitrogen and oxygen atoms in total. The fraction of sp³-hybridized carbons (Fsp3) is 0.0526. The Morgan fingerprint density at radius 2 is 1.84 bits per heavy atom. The Hall–Kier alpha value is -3.12. The molecule has 0 amide bonds. The van der Waals surface area contributed by atoms with Gasteiger partial charge in [-0.25, -0.2) is 0 Å². The molecule has 0 aliphatic rings. The molecule has 0 aliphatic carbocycles. The number of nitrogens with zero attached hydrogens (tertiary/aromatic N) is 1. The lowest BCUT2D eigenvalue weighted by Crippen LogP contribution is -2.24. The molecule has 126 valence electrons. The molecular formula is C19H17N3O2S. The minimum Gasteiger partial charge on any atom is -0.507 e. The van der Waals surface area contributed by atoms with Crippen LogP contribution in [0.5, 0.6) is 11.5 Å². The van der Waals surface area contributed by atoms with Crippen molar-refractivity contribution in [3.8, 4) is 11.5 Å². The second-order valence-corrected chi connectivity index (χ2v) is 5.65. The highest BCUT2D eigenvalue weighted by atomic mass is 32.1. The normalized spacial score (nSPS) is 10.8. The monoisotopic (exact) mass is 351 g/mol. The number of anilines is 1. The average Bonchev–Trinajstić information content (AvgIpc) is 2.64. The number of hydrogen-bond acceptors (Lipinski definition) is 4. The summed E-state index contributed by atoms with van der Waals surface area (Å²) in [4.78, 5) is 0. The molecule has 0 radical (unpaired) electrons. The van der Waals surface area contributed by atoms with Crippen LogP contribution < -0.4 is 15.5 Å². The van der Waals surface area contributed by atoms with Crippen LogP contribution >= 0.6 is 12.2 Å². The SMILES string of the molecule is COc1ccccc1NC(=S)NN=Cc1c(O)ccc2ccccc12. The average molecular weight is 351 g/mol. The number of para-hydroxylation sites is 2. The van der Waals surface area contributed by atoms with Gasteiger partial charge in [-0.3, -0.25) is 5.43 Å². The van der Waals surface area contributed by atoms with Crippen LogP contribution in [0.1, 0.15) is 5.56 Å². The first-order valence-corrected chi connectivity index (χ1v) is 8.03. The van der Waals surface area contributed by atoms with Crippen molar-refractivity contribution >= 4 is 40.0 Å². The molecule has 0 unspecified atom stereocenters. The van der Waals surface area contributed by atoms with Gasteiger partial charge in [0.1, 0.15) is 11.5 Å². The number of nitrogens with one attached hydrogen (secondary N) is 2. The minimum absolute atomic E-state index is 0.160. The highest BCUT2D eigenvalue weighted by Crippen LogP contribution is 2.25. The van der Waals surface area contributed by atoms with Gasteiger partial charge in [0.05, 0.1) is 19.0 Å². The van der Waals surface area contributed by atoms with Crippen LogP contribution in [0.15, 0.2) is 65.8 Å². The Balaban J connectivity index is 1.73. The summed E-state index contributed by atoms with van der Waals surface area (Å²) in [6, 6.07) is 18.7. The maximum Gasteiger partial charge on any atom is 0.191 e. The van der Waals surface area contributed by atoms with Gasteiger partial charge in [0.15, 0.2) is 5.11 Å². The molecule has 0 spiro atoms. The predicted molar refractivity (Wildman–Crippen MR) is 106 cm³/mol. The van der Waals surface area contributed by atoms with E-state index in [-0.39, 0.29) is 5.75 Å². The Kier molecular flexibility index (Phi) is 5.11. The van der Waals surface area contributed by atoms with E-state index in [2.05, 4.69) is 15.8 Å². The Labute approximate surface area is 150 Å². The lowest BCUT2D eigenvalue weighted by Gasteiger charge is -2.11. The summed E-state index contributed by atoms with van der Waals surface area (Å²) in [5.41, 5.74) is 4.12. The molecule has 0 saturated carbocycles. The first-order valence-electron chi connectivity index (χ1n) is 7.63. The maximum atomic E-state index is 10.1. The van der Waals surface area contributed by atoms with E-state index >= 15 is 0 Å². The number of thiocarbonyl (C=S) groups is 1. The van der Waals surface area contributed by atoms with Crippen LogP contribution in [0, 0.1) is 0 Å². The van der Waals surface area contributed by atoms with Crippen molar-refractivity contribution in [1.29, 1.82) is 0 Å². The van der Waals surface area contributed by atoms with E-state index in [1.165, 1.54) is 0 Å². The zero-order chi connectivity index (χ0) is 17.6. The highest BCUT2D eigenvalue weighted by Gasteiger charge is 2.05. The Bertz CT molecular complexity index is 941. The molecule has 3 N–H and O–H groups in total. The molecule has 6 heteroatoms. The molecule has 0 heterocycles. The third kappa shape index (κ3) is 3.87. The summed E-state index contributed by atoms with van der Waals surface area (Å²) in [6.45, 7) is 0.